The summed E-state index contributed by atoms with van der Waals surface area (Å²) in [6.07, 6.45) is 3.98. The first-order chi connectivity index (χ1) is 14.6. The molecule has 2 heterocycles. The van der Waals surface area contributed by atoms with Crippen molar-refractivity contribution in [2.45, 2.75) is 32.2 Å². The zero-order chi connectivity index (χ0) is 20.9. The quantitative estimate of drug-likeness (QED) is 0.699. The maximum Gasteiger partial charge on any atom is 0.255 e. The van der Waals surface area contributed by atoms with Crippen LogP contribution in [0.3, 0.4) is 0 Å². The van der Waals surface area contributed by atoms with Gasteiger partial charge in [0.1, 0.15) is 0 Å². The van der Waals surface area contributed by atoms with E-state index in [1.807, 2.05) is 41.3 Å². The second-order valence-electron chi connectivity index (χ2n) is 8.24. The topological polar surface area (TPSA) is 52.7 Å². The van der Waals surface area contributed by atoms with Crippen molar-refractivity contribution in [3.63, 3.8) is 0 Å². The molecule has 2 aromatic rings. The average molecular weight is 470 g/mol. The summed E-state index contributed by atoms with van der Waals surface area (Å²) in [5, 5.41) is 3.06. The Balaban J connectivity index is 1.40. The van der Waals surface area contributed by atoms with Crippen molar-refractivity contribution < 1.29 is 9.59 Å². The van der Waals surface area contributed by atoms with Crippen LogP contribution in [0.5, 0.6) is 0 Å². The maximum atomic E-state index is 13.0. The zero-order valence-corrected chi connectivity index (χ0v) is 18.7. The highest BCUT2D eigenvalue weighted by atomic mass is 79.9. The molecule has 0 saturated carbocycles. The number of carbonyl (C=O) groups is 2. The monoisotopic (exact) mass is 469 g/mol. The molecule has 158 valence electrons. The molecule has 4 rings (SSSR count). The van der Waals surface area contributed by atoms with Crippen LogP contribution in [0.2, 0.25) is 0 Å². The first-order valence-corrected chi connectivity index (χ1v) is 11.6. The summed E-state index contributed by atoms with van der Waals surface area (Å²) >= 11 is 3.53. The van der Waals surface area contributed by atoms with E-state index in [1.54, 1.807) is 0 Å². The molecule has 2 amide bonds. The van der Waals surface area contributed by atoms with Gasteiger partial charge in [-0.25, -0.2) is 0 Å². The van der Waals surface area contributed by atoms with Gasteiger partial charge in [0.15, 0.2) is 0 Å². The van der Waals surface area contributed by atoms with Crippen LogP contribution in [-0.2, 0) is 11.3 Å². The molecule has 1 atom stereocenters. The number of piperidine rings is 1. The van der Waals surface area contributed by atoms with Crippen LogP contribution in [0, 0.1) is 5.92 Å². The summed E-state index contributed by atoms with van der Waals surface area (Å²) in [5.74, 6) is -0.0419. The van der Waals surface area contributed by atoms with Crippen molar-refractivity contribution in [3.05, 3.63) is 64.1 Å². The lowest BCUT2D eigenvalue weighted by Gasteiger charge is -2.32. The fourth-order valence-electron chi connectivity index (χ4n) is 4.41. The summed E-state index contributed by atoms with van der Waals surface area (Å²) in [5.41, 5.74) is 2.46. The van der Waals surface area contributed by atoms with E-state index in [1.165, 1.54) is 5.56 Å². The fourth-order valence-corrected chi connectivity index (χ4v) is 4.86. The van der Waals surface area contributed by atoms with Crippen molar-refractivity contribution in [2.75, 3.05) is 31.5 Å². The Labute approximate surface area is 186 Å². The Morgan fingerprint density at radius 2 is 1.80 bits per heavy atom. The largest absolute Gasteiger partial charge is 0.339 e. The Morgan fingerprint density at radius 3 is 2.60 bits per heavy atom. The molecular formula is C24H28BrN3O2. The van der Waals surface area contributed by atoms with Gasteiger partial charge < -0.3 is 10.2 Å². The number of amides is 2. The van der Waals surface area contributed by atoms with Gasteiger partial charge in [-0.1, -0.05) is 40.2 Å². The number of hydrogen-bond acceptors (Lipinski definition) is 3. The second kappa shape index (κ2) is 9.75. The smallest absolute Gasteiger partial charge is 0.255 e. The maximum absolute atomic E-state index is 13.0. The Hall–Kier alpha value is -2.18. The van der Waals surface area contributed by atoms with Crippen LogP contribution < -0.4 is 5.32 Å². The Morgan fingerprint density at radius 1 is 1.00 bits per heavy atom. The van der Waals surface area contributed by atoms with Crippen LogP contribution in [0.4, 0.5) is 5.69 Å². The van der Waals surface area contributed by atoms with Crippen LogP contribution >= 0.6 is 15.9 Å². The SMILES string of the molecule is O=C(Nc1ccccc1C(=O)N1CCCC1)C1CCCN(Cc2cccc(Br)c2)C1. The van der Waals surface area contributed by atoms with E-state index in [0.717, 1.165) is 62.9 Å². The molecule has 0 spiro atoms. The predicted octanol–water partition coefficient (Wildman–Crippen LogP) is 4.54. The first-order valence-electron chi connectivity index (χ1n) is 10.8. The minimum absolute atomic E-state index is 0.00983. The first kappa shape index (κ1) is 21.1. The third-order valence-corrected chi connectivity index (χ3v) is 6.47. The molecule has 5 nitrogen and oxygen atoms in total. The number of rotatable bonds is 5. The molecule has 2 aliphatic rings. The minimum Gasteiger partial charge on any atom is -0.339 e. The normalized spacial score (nSPS) is 19.6. The van der Waals surface area contributed by atoms with Gasteiger partial charge in [-0.15, -0.1) is 0 Å². The van der Waals surface area contributed by atoms with Crippen molar-refractivity contribution in [3.8, 4) is 0 Å². The molecule has 1 N–H and O–H groups in total. The van der Waals surface area contributed by atoms with E-state index >= 15 is 0 Å². The second-order valence-corrected chi connectivity index (χ2v) is 9.15. The number of halogens is 1. The lowest BCUT2D eigenvalue weighted by atomic mass is 9.96. The third-order valence-electron chi connectivity index (χ3n) is 5.98. The highest BCUT2D eigenvalue weighted by Gasteiger charge is 2.28. The Kier molecular flexibility index (Phi) is 6.85. The van der Waals surface area contributed by atoms with Crippen LogP contribution in [0.15, 0.2) is 53.0 Å². The molecule has 0 bridgehead atoms. The molecular weight excluding hydrogens is 442 g/mol. The van der Waals surface area contributed by atoms with Crippen molar-refractivity contribution in [1.82, 2.24) is 9.80 Å². The van der Waals surface area contributed by atoms with Crippen LogP contribution in [0.25, 0.3) is 0 Å². The van der Waals surface area contributed by atoms with Gasteiger partial charge in [0.25, 0.3) is 5.91 Å². The van der Waals surface area contributed by atoms with Gasteiger partial charge in [-0.05, 0) is 62.1 Å². The van der Waals surface area contributed by atoms with Gasteiger partial charge in [0.2, 0.25) is 5.91 Å². The third kappa shape index (κ3) is 5.10. The number of anilines is 1. The number of benzene rings is 2. The standard InChI is InChI=1S/C24H28BrN3O2/c25-20-9-5-7-18(15-20)16-27-12-6-8-19(17-27)23(29)26-22-11-2-1-10-21(22)24(30)28-13-3-4-14-28/h1-2,5,7,9-11,15,19H,3-4,6,8,12-14,16-17H2,(H,26,29). The summed E-state index contributed by atoms with van der Waals surface area (Å²) in [6.45, 7) is 4.18. The molecule has 0 aliphatic carbocycles. The number of likely N-dealkylation sites (tertiary alicyclic amines) is 2. The molecule has 2 aliphatic heterocycles. The lowest BCUT2D eigenvalue weighted by Crippen LogP contribution is -2.40. The molecule has 2 aromatic carbocycles. The van der Waals surface area contributed by atoms with Gasteiger partial charge in [-0.3, -0.25) is 14.5 Å². The zero-order valence-electron chi connectivity index (χ0n) is 17.1. The number of nitrogens with one attached hydrogen (secondary N) is 1. The minimum atomic E-state index is -0.0687. The lowest BCUT2D eigenvalue weighted by molar-refractivity contribution is -0.121. The molecule has 1 unspecified atom stereocenters. The molecule has 2 saturated heterocycles. The van der Waals surface area contributed by atoms with Crippen molar-refractivity contribution >= 4 is 33.4 Å². The van der Waals surface area contributed by atoms with Gasteiger partial charge >= 0.3 is 0 Å². The predicted molar refractivity (Wildman–Crippen MR) is 122 cm³/mol. The molecule has 0 radical (unpaired) electrons. The Bertz CT molecular complexity index is 911. The summed E-state index contributed by atoms with van der Waals surface area (Å²) in [4.78, 5) is 30.1. The van der Waals surface area contributed by atoms with E-state index in [9.17, 15) is 9.59 Å². The number of nitrogens with zero attached hydrogens (tertiary/aromatic N) is 2. The van der Waals surface area contributed by atoms with Crippen molar-refractivity contribution in [2.24, 2.45) is 5.92 Å². The van der Waals surface area contributed by atoms with Gasteiger partial charge in [-0.2, -0.15) is 0 Å². The fraction of sp³-hybridized carbons (Fsp3) is 0.417. The average Bonchev–Trinajstić information content (AvgIpc) is 3.29. The molecule has 0 aromatic heterocycles. The summed E-state index contributed by atoms with van der Waals surface area (Å²) < 4.78 is 1.07. The van der Waals surface area contributed by atoms with Gasteiger partial charge in [0.05, 0.1) is 17.2 Å². The summed E-state index contributed by atoms with van der Waals surface area (Å²) in [7, 11) is 0. The number of para-hydroxylation sites is 1. The van der Waals surface area contributed by atoms with E-state index in [2.05, 4.69) is 38.3 Å². The number of carbonyl (C=O) groups excluding carboxylic acids is 2. The molecule has 2 fully saturated rings. The van der Waals surface area contributed by atoms with E-state index < -0.39 is 0 Å². The van der Waals surface area contributed by atoms with Crippen LogP contribution in [0.1, 0.15) is 41.6 Å². The van der Waals surface area contributed by atoms with E-state index in [4.69, 9.17) is 0 Å². The van der Waals surface area contributed by atoms with Gasteiger partial charge in [0, 0.05) is 30.7 Å². The molecule has 6 heteroatoms. The van der Waals surface area contributed by atoms with E-state index in [-0.39, 0.29) is 17.7 Å². The van der Waals surface area contributed by atoms with Crippen molar-refractivity contribution in [1.29, 1.82) is 0 Å². The highest BCUT2D eigenvalue weighted by Crippen LogP contribution is 2.24. The summed E-state index contributed by atoms with van der Waals surface area (Å²) in [6, 6.07) is 15.7. The van der Waals surface area contributed by atoms with E-state index in [0.29, 0.717) is 11.3 Å². The van der Waals surface area contributed by atoms with Crippen LogP contribution in [-0.4, -0.2) is 47.8 Å². The highest BCUT2D eigenvalue weighted by molar-refractivity contribution is 9.10. The molecule has 30 heavy (non-hydrogen) atoms. The number of hydrogen-bond donors (Lipinski definition) is 1.